The molecule has 0 bridgehead atoms. The normalized spacial score (nSPS) is 19.2. The first-order valence-corrected chi connectivity index (χ1v) is 7.97. The molecule has 0 aromatic heterocycles. The molecule has 0 amide bonds. The number of ether oxygens (including phenoxy) is 1. The van der Waals surface area contributed by atoms with Gasteiger partial charge in [0.1, 0.15) is 5.75 Å². The van der Waals surface area contributed by atoms with Gasteiger partial charge in [0.2, 0.25) is 0 Å². The molecule has 0 fully saturated rings. The lowest BCUT2D eigenvalue weighted by Crippen LogP contribution is -2.23. The molecule has 1 aromatic carbocycles. The first-order valence-electron chi connectivity index (χ1n) is 6.44. The summed E-state index contributed by atoms with van der Waals surface area (Å²) in [5.74, 6) is 3.12. The summed E-state index contributed by atoms with van der Waals surface area (Å²) in [5, 5.41) is 4.47. The SMILES string of the molecule is CCCNC1CCSCc2c(OC)ccc(Cl)c21. The Labute approximate surface area is 118 Å². The van der Waals surface area contributed by atoms with Crippen molar-refractivity contribution in [3.05, 3.63) is 28.3 Å². The number of nitrogens with one attached hydrogen (secondary N) is 1. The molecule has 100 valence electrons. The molecule has 0 saturated heterocycles. The van der Waals surface area contributed by atoms with Crippen molar-refractivity contribution in [3.63, 3.8) is 0 Å². The Morgan fingerprint density at radius 3 is 3.06 bits per heavy atom. The molecule has 1 atom stereocenters. The van der Waals surface area contributed by atoms with Crippen LogP contribution in [0, 0.1) is 0 Å². The first kappa shape index (κ1) is 14.0. The van der Waals surface area contributed by atoms with E-state index in [2.05, 4.69) is 12.2 Å². The molecule has 0 saturated carbocycles. The summed E-state index contributed by atoms with van der Waals surface area (Å²) in [6, 6.07) is 4.29. The molecule has 2 rings (SSSR count). The van der Waals surface area contributed by atoms with Crippen LogP contribution < -0.4 is 10.1 Å². The smallest absolute Gasteiger partial charge is 0.123 e. The van der Waals surface area contributed by atoms with E-state index in [1.165, 1.54) is 11.1 Å². The van der Waals surface area contributed by atoms with Crippen molar-refractivity contribution in [1.29, 1.82) is 0 Å². The fraction of sp³-hybridized carbons (Fsp3) is 0.571. The first-order chi connectivity index (χ1) is 8.77. The molecular weight excluding hydrogens is 266 g/mol. The van der Waals surface area contributed by atoms with E-state index in [0.29, 0.717) is 6.04 Å². The minimum atomic E-state index is 0.359. The summed E-state index contributed by atoms with van der Waals surface area (Å²) < 4.78 is 5.48. The van der Waals surface area contributed by atoms with E-state index in [1.807, 2.05) is 23.9 Å². The second-order valence-electron chi connectivity index (χ2n) is 4.49. The second kappa shape index (κ2) is 6.69. The zero-order valence-corrected chi connectivity index (χ0v) is 12.5. The van der Waals surface area contributed by atoms with Crippen LogP contribution in [0.5, 0.6) is 5.75 Å². The highest BCUT2D eigenvalue weighted by atomic mass is 35.5. The number of methoxy groups -OCH3 is 1. The van der Waals surface area contributed by atoms with Gasteiger partial charge in [0, 0.05) is 22.4 Å². The van der Waals surface area contributed by atoms with Crippen molar-refractivity contribution in [2.75, 3.05) is 19.4 Å². The van der Waals surface area contributed by atoms with Crippen molar-refractivity contribution < 1.29 is 4.74 Å². The third kappa shape index (κ3) is 2.95. The Balaban J connectivity index is 2.39. The quantitative estimate of drug-likeness (QED) is 0.903. The minimum Gasteiger partial charge on any atom is -0.496 e. The standard InChI is InChI=1S/C14H20ClNOS/c1-3-7-16-12-6-8-18-9-10-13(17-2)5-4-11(15)14(10)12/h4-5,12,16H,3,6-9H2,1-2H3. The molecular formula is C14H20ClNOS. The third-order valence-electron chi connectivity index (χ3n) is 3.27. The van der Waals surface area contributed by atoms with Crippen LogP contribution in [0.15, 0.2) is 12.1 Å². The molecule has 1 aromatic rings. The van der Waals surface area contributed by atoms with Gasteiger partial charge in [-0.3, -0.25) is 0 Å². The highest BCUT2D eigenvalue weighted by molar-refractivity contribution is 7.98. The summed E-state index contributed by atoms with van der Waals surface area (Å²) in [7, 11) is 1.73. The van der Waals surface area contributed by atoms with Gasteiger partial charge in [-0.25, -0.2) is 0 Å². The fourth-order valence-corrected chi connectivity index (χ4v) is 3.73. The number of fused-ring (bicyclic) bond motifs is 1. The topological polar surface area (TPSA) is 21.3 Å². The van der Waals surface area contributed by atoms with Crippen LogP contribution in [0.25, 0.3) is 0 Å². The van der Waals surface area contributed by atoms with Crippen LogP contribution in [0.2, 0.25) is 5.02 Å². The number of benzene rings is 1. The Hall–Kier alpha value is -0.380. The van der Waals surface area contributed by atoms with Gasteiger partial charge in [-0.1, -0.05) is 18.5 Å². The molecule has 0 radical (unpaired) electrons. The molecule has 1 aliphatic rings. The number of halogens is 1. The Morgan fingerprint density at radius 1 is 1.50 bits per heavy atom. The molecule has 2 nitrogen and oxygen atoms in total. The molecule has 0 spiro atoms. The predicted octanol–water partition coefficient (Wildman–Crippen LogP) is 4.03. The van der Waals surface area contributed by atoms with E-state index in [4.69, 9.17) is 16.3 Å². The van der Waals surface area contributed by atoms with E-state index in [1.54, 1.807) is 7.11 Å². The van der Waals surface area contributed by atoms with Crippen LogP contribution in [-0.2, 0) is 5.75 Å². The fourth-order valence-electron chi connectivity index (χ4n) is 2.38. The van der Waals surface area contributed by atoms with Crippen molar-refractivity contribution in [3.8, 4) is 5.75 Å². The van der Waals surface area contributed by atoms with Gasteiger partial charge in [0.25, 0.3) is 0 Å². The van der Waals surface area contributed by atoms with Gasteiger partial charge in [-0.2, -0.15) is 11.8 Å². The maximum absolute atomic E-state index is 6.41. The molecule has 1 unspecified atom stereocenters. The maximum atomic E-state index is 6.41. The highest BCUT2D eigenvalue weighted by Crippen LogP contribution is 2.39. The van der Waals surface area contributed by atoms with E-state index >= 15 is 0 Å². The average Bonchev–Trinajstić information content (AvgIpc) is 2.60. The van der Waals surface area contributed by atoms with Crippen molar-refractivity contribution in [2.24, 2.45) is 0 Å². The summed E-state index contributed by atoms with van der Waals surface area (Å²) >= 11 is 8.37. The van der Waals surface area contributed by atoms with Crippen LogP contribution in [0.3, 0.4) is 0 Å². The summed E-state index contributed by atoms with van der Waals surface area (Å²) in [4.78, 5) is 0. The van der Waals surface area contributed by atoms with E-state index < -0.39 is 0 Å². The zero-order chi connectivity index (χ0) is 13.0. The highest BCUT2D eigenvalue weighted by Gasteiger charge is 2.23. The minimum absolute atomic E-state index is 0.359. The van der Waals surface area contributed by atoms with Gasteiger partial charge < -0.3 is 10.1 Å². The molecule has 0 aliphatic carbocycles. The largest absolute Gasteiger partial charge is 0.496 e. The Bertz CT molecular complexity index is 411. The second-order valence-corrected chi connectivity index (χ2v) is 6.00. The zero-order valence-electron chi connectivity index (χ0n) is 11.0. The van der Waals surface area contributed by atoms with E-state index in [9.17, 15) is 0 Å². The summed E-state index contributed by atoms with van der Waals surface area (Å²) in [5.41, 5.74) is 2.51. The lowest BCUT2D eigenvalue weighted by Gasteiger charge is -2.21. The molecule has 4 heteroatoms. The Kier molecular flexibility index (Phi) is 5.22. The third-order valence-corrected chi connectivity index (χ3v) is 4.61. The van der Waals surface area contributed by atoms with Crippen molar-refractivity contribution >= 4 is 23.4 Å². The number of thioether (sulfide) groups is 1. The number of hydrogen-bond acceptors (Lipinski definition) is 3. The summed E-state index contributed by atoms with van der Waals surface area (Å²) in [6.45, 7) is 3.22. The van der Waals surface area contributed by atoms with Crippen LogP contribution >= 0.6 is 23.4 Å². The van der Waals surface area contributed by atoms with Gasteiger partial charge in [-0.15, -0.1) is 0 Å². The molecule has 18 heavy (non-hydrogen) atoms. The van der Waals surface area contributed by atoms with E-state index in [-0.39, 0.29) is 0 Å². The van der Waals surface area contributed by atoms with Crippen molar-refractivity contribution in [2.45, 2.75) is 31.6 Å². The van der Waals surface area contributed by atoms with E-state index in [0.717, 1.165) is 41.7 Å². The monoisotopic (exact) mass is 285 g/mol. The molecule has 1 N–H and O–H groups in total. The predicted molar refractivity (Wildman–Crippen MR) is 79.8 cm³/mol. The van der Waals surface area contributed by atoms with Crippen molar-refractivity contribution in [1.82, 2.24) is 5.32 Å². The van der Waals surface area contributed by atoms with Gasteiger partial charge in [0.15, 0.2) is 0 Å². The van der Waals surface area contributed by atoms with Gasteiger partial charge >= 0.3 is 0 Å². The number of hydrogen-bond donors (Lipinski definition) is 1. The van der Waals surface area contributed by atoms with Crippen LogP contribution in [0.4, 0.5) is 0 Å². The average molecular weight is 286 g/mol. The molecule has 1 aliphatic heterocycles. The van der Waals surface area contributed by atoms with Gasteiger partial charge in [-0.05, 0) is 42.8 Å². The van der Waals surface area contributed by atoms with Crippen LogP contribution in [-0.4, -0.2) is 19.4 Å². The number of rotatable bonds is 4. The lowest BCUT2D eigenvalue weighted by atomic mass is 9.98. The summed E-state index contributed by atoms with van der Waals surface area (Å²) in [6.07, 6.45) is 2.27. The lowest BCUT2D eigenvalue weighted by molar-refractivity contribution is 0.409. The Morgan fingerprint density at radius 2 is 2.33 bits per heavy atom. The van der Waals surface area contributed by atoms with Gasteiger partial charge in [0.05, 0.1) is 7.11 Å². The van der Waals surface area contributed by atoms with Crippen LogP contribution in [0.1, 0.15) is 36.9 Å². The molecule has 1 heterocycles. The maximum Gasteiger partial charge on any atom is 0.123 e.